The third-order valence-electron chi connectivity index (χ3n) is 3.65. The number of aryl methyl sites for hydroxylation is 1. The van der Waals surface area contributed by atoms with Crippen LogP contribution in [-0.2, 0) is 7.05 Å². The van der Waals surface area contributed by atoms with Crippen LogP contribution in [-0.4, -0.2) is 50.5 Å². The molecular formula is C12H21N5O2. The topological polar surface area (TPSA) is 83.3 Å². The standard InChI is InChI=1S/C12H21N5O2/c1-16(7-9-5-3-4-6-10(9)18)12(19)15-11-13-8-14-17(11)2/h8-10,18H,3-7H2,1-2H3,(H,13,14,15,19)/t9-,10+/m1/s1. The lowest BCUT2D eigenvalue weighted by molar-refractivity contribution is 0.0575. The fraction of sp³-hybridized carbons (Fsp3) is 0.750. The lowest BCUT2D eigenvalue weighted by atomic mass is 9.86. The summed E-state index contributed by atoms with van der Waals surface area (Å²) in [5, 5.41) is 16.5. The number of hydrogen-bond donors (Lipinski definition) is 2. The first-order valence-corrected chi connectivity index (χ1v) is 6.62. The molecule has 1 heterocycles. The Hall–Kier alpha value is -1.63. The Morgan fingerprint density at radius 2 is 2.32 bits per heavy atom. The minimum Gasteiger partial charge on any atom is -0.393 e. The van der Waals surface area contributed by atoms with Crippen molar-refractivity contribution < 1.29 is 9.90 Å². The Morgan fingerprint density at radius 1 is 1.58 bits per heavy atom. The normalized spacial score (nSPS) is 23.1. The van der Waals surface area contributed by atoms with Crippen LogP contribution in [0.5, 0.6) is 0 Å². The van der Waals surface area contributed by atoms with Crippen molar-refractivity contribution in [3.63, 3.8) is 0 Å². The van der Waals surface area contributed by atoms with Crippen molar-refractivity contribution in [3.05, 3.63) is 6.33 Å². The van der Waals surface area contributed by atoms with Gasteiger partial charge in [0.1, 0.15) is 6.33 Å². The highest BCUT2D eigenvalue weighted by Gasteiger charge is 2.25. The van der Waals surface area contributed by atoms with E-state index in [2.05, 4.69) is 15.4 Å². The molecule has 19 heavy (non-hydrogen) atoms. The first-order valence-electron chi connectivity index (χ1n) is 6.62. The van der Waals surface area contributed by atoms with Gasteiger partial charge in [0.25, 0.3) is 0 Å². The van der Waals surface area contributed by atoms with E-state index in [1.54, 1.807) is 19.0 Å². The third-order valence-corrected chi connectivity index (χ3v) is 3.65. The second-order valence-electron chi connectivity index (χ2n) is 5.13. The Balaban J connectivity index is 1.87. The summed E-state index contributed by atoms with van der Waals surface area (Å²) in [6.07, 6.45) is 5.11. The number of carbonyl (C=O) groups excluding carboxylic acids is 1. The molecule has 0 saturated heterocycles. The summed E-state index contributed by atoms with van der Waals surface area (Å²) in [5.41, 5.74) is 0. The summed E-state index contributed by atoms with van der Waals surface area (Å²) in [6, 6.07) is -0.228. The molecule has 1 aliphatic rings. The number of rotatable bonds is 3. The van der Waals surface area contributed by atoms with Gasteiger partial charge in [-0.3, -0.25) is 5.32 Å². The summed E-state index contributed by atoms with van der Waals surface area (Å²) >= 11 is 0. The lowest BCUT2D eigenvalue weighted by Gasteiger charge is -2.31. The number of carbonyl (C=O) groups is 1. The van der Waals surface area contributed by atoms with Crippen molar-refractivity contribution in [1.29, 1.82) is 0 Å². The van der Waals surface area contributed by atoms with E-state index >= 15 is 0 Å². The van der Waals surface area contributed by atoms with Crippen LogP contribution in [0.4, 0.5) is 10.7 Å². The summed E-state index contributed by atoms with van der Waals surface area (Å²) in [7, 11) is 3.44. The van der Waals surface area contributed by atoms with Crippen LogP contribution in [0.25, 0.3) is 0 Å². The zero-order valence-electron chi connectivity index (χ0n) is 11.4. The number of anilines is 1. The molecule has 1 saturated carbocycles. The Bertz CT molecular complexity index is 434. The van der Waals surface area contributed by atoms with Gasteiger partial charge in [0.05, 0.1) is 6.10 Å². The maximum absolute atomic E-state index is 12.0. The molecule has 0 bridgehead atoms. The molecule has 2 amide bonds. The SMILES string of the molecule is CN(C[C@H]1CCCC[C@@H]1O)C(=O)Nc1ncnn1C. The van der Waals surface area contributed by atoms with Crippen LogP contribution >= 0.6 is 0 Å². The van der Waals surface area contributed by atoms with E-state index in [0.717, 1.165) is 25.7 Å². The number of urea groups is 1. The maximum atomic E-state index is 12.0. The molecule has 106 valence electrons. The maximum Gasteiger partial charge on any atom is 0.323 e. The molecule has 2 rings (SSSR count). The van der Waals surface area contributed by atoms with E-state index in [9.17, 15) is 9.90 Å². The number of amides is 2. The first-order chi connectivity index (χ1) is 9.08. The first kappa shape index (κ1) is 13.8. The highest BCUT2D eigenvalue weighted by Crippen LogP contribution is 2.24. The monoisotopic (exact) mass is 267 g/mol. The van der Waals surface area contributed by atoms with Crippen LogP contribution in [0.2, 0.25) is 0 Å². The molecule has 1 fully saturated rings. The van der Waals surface area contributed by atoms with Crippen LogP contribution in [0.1, 0.15) is 25.7 Å². The van der Waals surface area contributed by atoms with Gasteiger partial charge in [0.15, 0.2) is 0 Å². The quantitative estimate of drug-likeness (QED) is 0.849. The average molecular weight is 267 g/mol. The highest BCUT2D eigenvalue weighted by atomic mass is 16.3. The zero-order chi connectivity index (χ0) is 13.8. The molecule has 0 aliphatic heterocycles. The lowest BCUT2D eigenvalue weighted by Crippen LogP contribution is -2.40. The van der Waals surface area contributed by atoms with E-state index in [1.807, 2.05) is 0 Å². The summed E-state index contributed by atoms with van der Waals surface area (Å²) in [6.45, 7) is 0.560. The zero-order valence-corrected chi connectivity index (χ0v) is 11.4. The fourth-order valence-electron chi connectivity index (χ4n) is 2.44. The molecule has 0 radical (unpaired) electrons. The van der Waals surface area contributed by atoms with Gasteiger partial charge in [-0.15, -0.1) is 0 Å². The van der Waals surface area contributed by atoms with Gasteiger partial charge in [-0.05, 0) is 12.8 Å². The second-order valence-corrected chi connectivity index (χ2v) is 5.13. The molecule has 2 atom stereocenters. The highest BCUT2D eigenvalue weighted by molar-refractivity contribution is 5.87. The van der Waals surface area contributed by atoms with E-state index < -0.39 is 0 Å². The van der Waals surface area contributed by atoms with Crippen molar-refractivity contribution in [1.82, 2.24) is 19.7 Å². The van der Waals surface area contributed by atoms with Crippen molar-refractivity contribution >= 4 is 12.0 Å². The largest absolute Gasteiger partial charge is 0.393 e. The van der Waals surface area contributed by atoms with E-state index in [1.165, 1.54) is 11.0 Å². The molecule has 7 heteroatoms. The van der Waals surface area contributed by atoms with Gasteiger partial charge in [-0.25, -0.2) is 9.48 Å². The molecule has 7 nitrogen and oxygen atoms in total. The number of aliphatic hydroxyl groups is 1. The Kier molecular flexibility index (Phi) is 4.36. The summed E-state index contributed by atoms with van der Waals surface area (Å²) in [4.78, 5) is 17.5. The molecule has 1 aliphatic carbocycles. The van der Waals surface area contributed by atoms with Crippen molar-refractivity contribution in [2.45, 2.75) is 31.8 Å². The predicted molar refractivity (Wildman–Crippen MR) is 70.6 cm³/mol. The molecule has 1 aromatic rings. The molecule has 2 N–H and O–H groups in total. The minimum absolute atomic E-state index is 0.170. The van der Waals surface area contributed by atoms with Gasteiger partial charge in [-0.2, -0.15) is 10.1 Å². The van der Waals surface area contributed by atoms with E-state index in [0.29, 0.717) is 12.5 Å². The second kappa shape index (κ2) is 6.01. The van der Waals surface area contributed by atoms with Crippen LogP contribution < -0.4 is 5.32 Å². The van der Waals surface area contributed by atoms with Crippen LogP contribution in [0.15, 0.2) is 6.33 Å². The Labute approximate surface area is 112 Å². The Morgan fingerprint density at radius 3 is 2.95 bits per heavy atom. The predicted octanol–water partition coefficient (Wildman–Crippen LogP) is 0.830. The minimum atomic E-state index is -0.293. The molecule has 1 aromatic heterocycles. The van der Waals surface area contributed by atoms with Gasteiger partial charge < -0.3 is 10.0 Å². The summed E-state index contributed by atoms with van der Waals surface area (Å²) < 4.78 is 1.50. The van der Waals surface area contributed by atoms with Crippen LogP contribution in [0.3, 0.4) is 0 Å². The molecule has 0 aromatic carbocycles. The number of nitrogens with one attached hydrogen (secondary N) is 1. The number of hydrogen-bond acceptors (Lipinski definition) is 4. The van der Waals surface area contributed by atoms with E-state index in [-0.39, 0.29) is 18.1 Å². The third kappa shape index (κ3) is 3.44. The van der Waals surface area contributed by atoms with Gasteiger partial charge >= 0.3 is 6.03 Å². The fourth-order valence-corrected chi connectivity index (χ4v) is 2.44. The van der Waals surface area contributed by atoms with Gasteiger partial charge in [0.2, 0.25) is 5.95 Å². The summed E-state index contributed by atoms with van der Waals surface area (Å²) in [5.74, 6) is 0.588. The van der Waals surface area contributed by atoms with Crippen molar-refractivity contribution in [2.24, 2.45) is 13.0 Å². The van der Waals surface area contributed by atoms with E-state index in [4.69, 9.17) is 0 Å². The van der Waals surface area contributed by atoms with Crippen molar-refractivity contribution in [3.8, 4) is 0 Å². The van der Waals surface area contributed by atoms with Crippen LogP contribution in [0, 0.1) is 5.92 Å². The number of aliphatic hydroxyl groups excluding tert-OH is 1. The van der Waals surface area contributed by atoms with Gasteiger partial charge in [-0.1, -0.05) is 12.8 Å². The molecular weight excluding hydrogens is 246 g/mol. The average Bonchev–Trinajstić information content (AvgIpc) is 2.78. The molecule has 0 unspecified atom stereocenters. The van der Waals surface area contributed by atoms with Crippen molar-refractivity contribution in [2.75, 3.05) is 18.9 Å². The number of aromatic nitrogens is 3. The smallest absolute Gasteiger partial charge is 0.323 e. The molecule has 0 spiro atoms. The number of nitrogens with zero attached hydrogens (tertiary/aromatic N) is 4. The van der Waals surface area contributed by atoms with Gasteiger partial charge in [0, 0.05) is 26.6 Å².